The van der Waals surface area contributed by atoms with E-state index in [4.69, 9.17) is 4.99 Å². The highest BCUT2D eigenvalue weighted by Gasteiger charge is 2.15. The number of likely N-dealkylation sites (N-methyl/N-ethyl adjacent to an activating group) is 1. The van der Waals surface area contributed by atoms with E-state index in [0.29, 0.717) is 6.54 Å². The Kier molecular flexibility index (Phi) is 11.6. The highest BCUT2D eigenvalue weighted by atomic mass is 127. The van der Waals surface area contributed by atoms with Gasteiger partial charge in [-0.15, -0.1) is 24.0 Å². The summed E-state index contributed by atoms with van der Waals surface area (Å²) in [5.74, 6) is 1.97. The maximum Gasteiger partial charge on any atom is 0.191 e. The van der Waals surface area contributed by atoms with Gasteiger partial charge < -0.3 is 20.4 Å². The Bertz CT molecular complexity index is 529. The van der Waals surface area contributed by atoms with Crippen molar-refractivity contribution < 1.29 is 0 Å². The third-order valence-electron chi connectivity index (χ3n) is 4.47. The van der Waals surface area contributed by atoms with E-state index in [-0.39, 0.29) is 24.0 Å². The second-order valence-corrected chi connectivity index (χ2v) is 6.64. The van der Waals surface area contributed by atoms with Crippen molar-refractivity contribution in [1.29, 1.82) is 0 Å². The Hall–Kier alpha value is -1.09. The number of nitrogens with one attached hydrogen (secondary N) is 2. The summed E-state index contributed by atoms with van der Waals surface area (Å²) in [5, 5.41) is 6.74. The molecule has 1 aromatic heterocycles. The van der Waals surface area contributed by atoms with E-state index in [2.05, 4.69) is 58.4 Å². The normalized spacial score (nSPS) is 15.5. The molecule has 0 radical (unpaired) electrons. The fraction of sp³-hybridized carbons (Fsp3) is 0.684. The topological polar surface area (TPSA) is 55.8 Å². The molecular weight excluding hydrogens is 439 g/mol. The number of halogens is 1. The van der Waals surface area contributed by atoms with E-state index in [1.807, 2.05) is 6.20 Å². The molecule has 148 valence electrons. The van der Waals surface area contributed by atoms with Crippen LogP contribution in [0.4, 0.5) is 5.82 Å². The molecule has 1 saturated heterocycles. The number of nitrogens with zero attached hydrogens (tertiary/aromatic N) is 4. The van der Waals surface area contributed by atoms with Crippen molar-refractivity contribution in [3.63, 3.8) is 0 Å². The zero-order chi connectivity index (χ0) is 17.9. The number of aromatic nitrogens is 1. The number of aliphatic imine (C=N–C) groups is 1. The Morgan fingerprint density at radius 3 is 2.62 bits per heavy atom. The van der Waals surface area contributed by atoms with Crippen LogP contribution in [0.5, 0.6) is 0 Å². The van der Waals surface area contributed by atoms with Crippen LogP contribution in [0, 0.1) is 0 Å². The summed E-state index contributed by atoms with van der Waals surface area (Å²) in [6.07, 6.45) is 5.58. The summed E-state index contributed by atoms with van der Waals surface area (Å²) in [6, 6.07) is 4.24. The molecule has 2 rings (SSSR count). The minimum absolute atomic E-state index is 0. The first-order valence-electron chi connectivity index (χ1n) is 9.63. The standard InChI is InChI=1S/C19H34N6.HI/c1-4-6-7-9-22-19(20-5-2)23-16-17-8-10-21-18(15-17)25-13-11-24(3)12-14-25;/h8,10,15H,4-7,9,11-14,16H2,1-3H3,(H2,20,22,23);1H. The SMILES string of the molecule is CCCCCNC(=NCc1ccnc(N2CCN(C)CC2)c1)NCC.I. The summed E-state index contributed by atoms with van der Waals surface area (Å²) in [7, 11) is 2.17. The second kappa shape index (κ2) is 13.1. The number of anilines is 1. The molecule has 0 unspecified atom stereocenters. The lowest BCUT2D eigenvalue weighted by atomic mass is 10.2. The smallest absolute Gasteiger partial charge is 0.191 e. The highest BCUT2D eigenvalue weighted by Crippen LogP contribution is 2.15. The largest absolute Gasteiger partial charge is 0.357 e. The van der Waals surface area contributed by atoms with Crippen molar-refractivity contribution in [2.24, 2.45) is 4.99 Å². The summed E-state index contributed by atoms with van der Waals surface area (Å²) < 4.78 is 0. The van der Waals surface area contributed by atoms with Crippen molar-refractivity contribution >= 4 is 35.8 Å². The first-order chi connectivity index (χ1) is 12.2. The third kappa shape index (κ3) is 8.07. The number of pyridine rings is 1. The van der Waals surface area contributed by atoms with Gasteiger partial charge in [-0.1, -0.05) is 19.8 Å². The van der Waals surface area contributed by atoms with Crippen molar-refractivity contribution in [2.45, 2.75) is 39.7 Å². The lowest BCUT2D eigenvalue weighted by Gasteiger charge is -2.33. The van der Waals surface area contributed by atoms with Crippen molar-refractivity contribution in [2.75, 3.05) is 51.2 Å². The Labute approximate surface area is 175 Å². The molecule has 0 saturated carbocycles. The number of hydrogen-bond acceptors (Lipinski definition) is 4. The van der Waals surface area contributed by atoms with Gasteiger partial charge in [0.1, 0.15) is 5.82 Å². The predicted octanol–water partition coefficient (Wildman–Crippen LogP) is 2.70. The van der Waals surface area contributed by atoms with Gasteiger partial charge in [0.25, 0.3) is 0 Å². The highest BCUT2D eigenvalue weighted by molar-refractivity contribution is 14.0. The average Bonchev–Trinajstić information content (AvgIpc) is 2.64. The van der Waals surface area contributed by atoms with Crippen LogP contribution < -0.4 is 15.5 Å². The van der Waals surface area contributed by atoms with E-state index < -0.39 is 0 Å². The molecule has 0 aliphatic carbocycles. The lowest BCUT2D eigenvalue weighted by Crippen LogP contribution is -2.44. The molecular formula is C19H35IN6. The molecule has 7 heteroatoms. The van der Waals surface area contributed by atoms with Gasteiger partial charge in [0.05, 0.1) is 6.54 Å². The lowest BCUT2D eigenvalue weighted by molar-refractivity contribution is 0.312. The molecule has 0 aromatic carbocycles. The first kappa shape index (κ1) is 23.0. The van der Waals surface area contributed by atoms with Crippen LogP contribution in [0.25, 0.3) is 0 Å². The first-order valence-corrected chi connectivity index (χ1v) is 9.63. The maximum atomic E-state index is 4.72. The molecule has 0 bridgehead atoms. The van der Waals surface area contributed by atoms with Crippen molar-refractivity contribution in [3.05, 3.63) is 23.9 Å². The molecule has 0 amide bonds. The summed E-state index contributed by atoms with van der Waals surface area (Å²) in [6.45, 7) is 11.1. The van der Waals surface area contributed by atoms with Gasteiger partial charge in [-0.2, -0.15) is 0 Å². The molecule has 0 spiro atoms. The Balaban J connectivity index is 0.00000338. The van der Waals surface area contributed by atoms with Crippen molar-refractivity contribution in [3.8, 4) is 0 Å². The van der Waals surface area contributed by atoms with Crippen LogP contribution in [-0.2, 0) is 6.54 Å². The van der Waals surface area contributed by atoms with Crippen LogP contribution in [0.15, 0.2) is 23.3 Å². The summed E-state index contributed by atoms with van der Waals surface area (Å²) in [5.41, 5.74) is 1.20. The minimum atomic E-state index is 0. The molecule has 1 aromatic rings. The molecule has 1 fully saturated rings. The summed E-state index contributed by atoms with van der Waals surface area (Å²) >= 11 is 0. The van der Waals surface area contributed by atoms with Gasteiger partial charge in [0.15, 0.2) is 5.96 Å². The number of unbranched alkanes of at least 4 members (excludes halogenated alkanes) is 2. The average molecular weight is 474 g/mol. The van der Waals surface area contributed by atoms with Gasteiger partial charge in [-0.05, 0) is 38.1 Å². The van der Waals surface area contributed by atoms with E-state index >= 15 is 0 Å². The summed E-state index contributed by atoms with van der Waals surface area (Å²) in [4.78, 5) is 14.0. The fourth-order valence-electron chi connectivity index (χ4n) is 2.86. The van der Waals surface area contributed by atoms with Crippen LogP contribution in [0.3, 0.4) is 0 Å². The number of guanidine groups is 1. The van der Waals surface area contributed by atoms with E-state index in [1.54, 1.807) is 0 Å². The van der Waals surface area contributed by atoms with E-state index in [0.717, 1.165) is 51.0 Å². The van der Waals surface area contributed by atoms with Gasteiger partial charge in [0.2, 0.25) is 0 Å². The van der Waals surface area contributed by atoms with Gasteiger partial charge in [0, 0.05) is 45.5 Å². The van der Waals surface area contributed by atoms with Crippen LogP contribution in [0.2, 0.25) is 0 Å². The zero-order valence-corrected chi connectivity index (χ0v) is 18.8. The van der Waals surface area contributed by atoms with Crippen LogP contribution >= 0.6 is 24.0 Å². The number of piperazine rings is 1. The van der Waals surface area contributed by atoms with Crippen LogP contribution in [-0.4, -0.2) is 62.2 Å². The molecule has 26 heavy (non-hydrogen) atoms. The molecule has 0 atom stereocenters. The van der Waals surface area contributed by atoms with Gasteiger partial charge >= 0.3 is 0 Å². The number of hydrogen-bond donors (Lipinski definition) is 2. The fourth-order valence-corrected chi connectivity index (χ4v) is 2.86. The molecule has 1 aliphatic rings. The molecule has 1 aliphatic heterocycles. The monoisotopic (exact) mass is 474 g/mol. The van der Waals surface area contributed by atoms with Gasteiger partial charge in [-0.3, -0.25) is 0 Å². The molecule has 2 N–H and O–H groups in total. The number of rotatable bonds is 8. The minimum Gasteiger partial charge on any atom is -0.357 e. The Morgan fingerprint density at radius 1 is 1.15 bits per heavy atom. The quantitative estimate of drug-likeness (QED) is 0.263. The maximum absolute atomic E-state index is 4.72. The van der Waals surface area contributed by atoms with Crippen molar-refractivity contribution in [1.82, 2.24) is 20.5 Å². The predicted molar refractivity (Wildman–Crippen MR) is 122 cm³/mol. The van der Waals surface area contributed by atoms with E-state index in [1.165, 1.54) is 24.8 Å². The van der Waals surface area contributed by atoms with Gasteiger partial charge in [-0.25, -0.2) is 9.98 Å². The third-order valence-corrected chi connectivity index (χ3v) is 4.47. The van der Waals surface area contributed by atoms with E-state index in [9.17, 15) is 0 Å². The van der Waals surface area contributed by atoms with Crippen LogP contribution in [0.1, 0.15) is 38.7 Å². The zero-order valence-electron chi connectivity index (χ0n) is 16.5. The molecule has 6 nitrogen and oxygen atoms in total. The Morgan fingerprint density at radius 2 is 1.92 bits per heavy atom. The molecule has 2 heterocycles. The second-order valence-electron chi connectivity index (χ2n) is 6.64.